The van der Waals surface area contributed by atoms with Crippen molar-refractivity contribution in [2.24, 2.45) is 0 Å². The zero-order chi connectivity index (χ0) is 29.5. The van der Waals surface area contributed by atoms with Crippen LogP contribution in [0, 0.1) is 0 Å². The second-order valence-corrected chi connectivity index (χ2v) is 12.0. The second-order valence-electron chi connectivity index (χ2n) is 12.0. The molecule has 208 valence electrons. The predicted octanol–water partition coefficient (Wildman–Crippen LogP) is 12.0. The van der Waals surface area contributed by atoms with Gasteiger partial charge in [0.2, 0.25) is 0 Å². The first-order chi connectivity index (χ1) is 22.3. The van der Waals surface area contributed by atoms with Gasteiger partial charge >= 0.3 is 0 Å². The van der Waals surface area contributed by atoms with E-state index in [1.54, 1.807) is 0 Å². The summed E-state index contributed by atoms with van der Waals surface area (Å²) in [7, 11) is 0. The lowest BCUT2D eigenvalue weighted by molar-refractivity contribution is 1.20. The van der Waals surface area contributed by atoms with Crippen molar-refractivity contribution in [1.29, 1.82) is 0 Å². The van der Waals surface area contributed by atoms with E-state index in [1.807, 2.05) is 0 Å². The molecule has 0 unspecified atom stereocenters. The van der Waals surface area contributed by atoms with Crippen molar-refractivity contribution in [2.75, 3.05) is 4.90 Å². The smallest absolute Gasteiger partial charge is 0.138 e. The van der Waals surface area contributed by atoms with Crippen molar-refractivity contribution in [3.8, 4) is 11.3 Å². The van der Waals surface area contributed by atoms with Gasteiger partial charge < -0.3 is 0 Å². The van der Waals surface area contributed by atoms with Crippen LogP contribution in [0.15, 0.2) is 158 Å². The summed E-state index contributed by atoms with van der Waals surface area (Å²) in [6.07, 6.45) is 0. The first kappa shape index (κ1) is 24.5. The first-order valence-electron chi connectivity index (χ1n) is 15.5. The lowest BCUT2D eigenvalue weighted by Gasteiger charge is -2.29. The van der Waals surface area contributed by atoms with Crippen molar-refractivity contribution in [2.45, 2.75) is 0 Å². The summed E-state index contributed by atoms with van der Waals surface area (Å²) in [5.41, 5.74) is 4.29. The minimum atomic E-state index is 0.890. The van der Waals surface area contributed by atoms with Gasteiger partial charge in [-0.3, -0.25) is 4.90 Å². The van der Waals surface area contributed by atoms with Crippen molar-refractivity contribution in [3.05, 3.63) is 158 Å². The molecule has 0 aliphatic rings. The third-order valence-corrected chi connectivity index (χ3v) is 9.53. The number of anilines is 3. The van der Waals surface area contributed by atoms with E-state index < -0.39 is 0 Å². The zero-order valence-electron chi connectivity index (χ0n) is 24.4. The molecule has 0 aliphatic heterocycles. The summed E-state index contributed by atoms with van der Waals surface area (Å²) >= 11 is 0. The molecular weight excluding hydrogens is 544 g/mol. The maximum atomic E-state index is 5.34. The fraction of sp³-hybridized carbons (Fsp3) is 0. The van der Waals surface area contributed by atoms with Gasteiger partial charge in [-0.15, -0.1) is 0 Å². The molecule has 2 nitrogen and oxygen atoms in total. The number of rotatable bonds is 4. The maximum Gasteiger partial charge on any atom is 0.138 e. The normalized spacial score (nSPS) is 12.0. The third kappa shape index (κ3) is 3.54. The standard InChI is InChI=1S/C43H26N2/c1-2-7-27(8-3-1)36-13-6-14-39(44-36)45(37-25-21-32-17-15-28-9-4-11-30-19-23-34(37)42(32)40(28)30)38-26-22-33-18-16-29-10-5-12-31-20-24-35(38)43(33)41(29)31/h1-26H. The summed E-state index contributed by atoms with van der Waals surface area (Å²) in [6, 6.07) is 57.2. The van der Waals surface area contributed by atoms with Crippen molar-refractivity contribution >= 4 is 81.8 Å². The molecule has 0 saturated carbocycles. The second kappa shape index (κ2) is 9.25. The van der Waals surface area contributed by atoms with Crippen LogP contribution in [0.25, 0.3) is 75.9 Å². The summed E-state index contributed by atoms with van der Waals surface area (Å²) in [6.45, 7) is 0. The van der Waals surface area contributed by atoms with Crippen LogP contribution >= 0.6 is 0 Å². The van der Waals surface area contributed by atoms with E-state index >= 15 is 0 Å². The Bertz CT molecular complexity index is 2530. The van der Waals surface area contributed by atoms with Gasteiger partial charge in [-0.05, 0) is 78.1 Å². The molecule has 0 aliphatic carbocycles. The van der Waals surface area contributed by atoms with E-state index in [4.69, 9.17) is 4.98 Å². The minimum Gasteiger partial charge on any atom is -0.294 e. The van der Waals surface area contributed by atoms with E-state index in [0.717, 1.165) is 28.5 Å². The Morgan fingerprint density at radius 2 is 0.778 bits per heavy atom. The largest absolute Gasteiger partial charge is 0.294 e. The molecule has 1 heterocycles. The van der Waals surface area contributed by atoms with E-state index in [-0.39, 0.29) is 0 Å². The SMILES string of the molecule is c1ccc(-c2cccc(N(c3ccc4ccc5cccc6ccc3c4c56)c3ccc4ccc5cccc6ccc3c4c56)n2)cc1. The van der Waals surface area contributed by atoms with Crippen molar-refractivity contribution in [1.82, 2.24) is 4.98 Å². The summed E-state index contributed by atoms with van der Waals surface area (Å²) in [5, 5.41) is 15.2. The average Bonchev–Trinajstić information content (AvgIpc) is 3.11. The number of pyridine rings is 1. The Morgan fingerprint density at radius 3 is 1.31 bits per heavy atom. The Kier molecular flexibility index (Phi) is 5.03. The lowest BCUT2D eigenvalue weighted by atomic mass is 9.92. The molecule has 9 aromatic carbocycles. The molecule has 0 N–H and O–H groups in total. The molecule has 2 heteroatoms. The average molecular weight is 571 g/mol. The molecule has 10 aromatic rings. The highest BCUT2D eigenvalue weighted by atomic mass is 15.2. The Hall–Kier alpha value is -5.99. The van der Waals surface area contributed by atoms with Crippen molar-refractivity contribution in [3.63, 3.8) is 0 Å². The fourth-order valence-electron chi connectivity index (χ4n) is 7.52. The van der Waals surface area contributed by atoms with E-state index in [1.165, 1.54) is 64.6 Å². The lowest BCUT2D eigenvalue weighted by Crippen LogP contribution is -2.13. The van der Waals surface area contributed by atoms with Crippen LogP contribution < -0.4 is 4.90 Å². The molecule has 0 amide bonds. The predicted molar refractivity (Wildman–Crippen MR) is 192 cm³/mol. The minimum absolute atomic E-state index is 0.890. The summed E-state index contributed by atoms with van der Waals surface area (Å²) < 4.78 is 0. The van der Waals surface area contributed by atoms with Gasteiger partial charge in [-0.2, -0.15) is 0 Å². The molecule has 1 aromatic heterocycles. The number of aromatic nitrogens is 1. The van der Waals surface area contributed by atoms with E-state index in [9.17, 15) is 0 Å². The number of hydrogen-bond acceptors (Lipinski definition) is 2. The molecule has 45 heavy (non-hydrogen) atoms. The number of benzene rings is 9. The van der Waals surface area contributed by atoms with Gasteiger partial charge in [-0.25, -0.2) is 4.98 Å². The Labute approximate surface area is 260 Å². The zero-order valence-corrected chi connectivity index (χ0v) is 24.4. The van der Waals surface area contributed by atoms with Gasteiger partial charge in [0.25, 0.3) is 0 Å². The Balaban J connectivity index is 1.32. The van der Waals surface area contributed by atoms with E-state index in [2.05, 4.69) is 163 Å². The van der Waals surface area contributed by atoms with Gasteiger partial charge in [0.05, 0.1) is 17.1 Å². The maximum absolute atomic E-state index is 5.34. The summed E-state index contributed by atoms with van der Waals surface area (Å²) in [4.78, 5) is 7.72. The van der Waals surface area contributed by atoms with E-state index in [0.29, 0.717) is 0 Å². The van der Waals surface area contributed by atoms with Gasteiger partial charge in [0.15, 0.2) is 0 Å². The summed E-state index contributed by atoms with van der Waals surface area (Å²) in [5.74, 6) is 0.890. The fourth-order valence-corrected chi connectivity index (χ4v) is 7.52. The molecule has 0 atom stereocenters. The highest BCUT2D eigenvalue weighted by molar-refractivity contribution is 6.28. The molecule has 0 radical (unpaired) electrons. The Morgan fingerprint density at radius 1 is 0.333 bits per heavy atom. The van der Waals surface area contributed by atoms with Crippen LogP contribution in [0.4, 0.5) is 17.2 Å². The molecule has 0 bridgehead atoms. The van der Waals surface area contributed by atoms with Crippen LogP contribution in [0.3, 0.4) is 0 Å². The highest BCUT2D eigenvalue weighted by Crippen LogP contribution is 2.47. The van der Waals surface area contributed by atoms with Crippen molar-refractivity contribution < 1.29 is 0 Å². The molecular formula is C43H26N2. The molecule has 10 rings (SSSR count). The highest BCUT2D eigenvalue weighted by Gasteiger charge is 2.22. The van der Waals surface area contributed by atoms with Crippen LogP contribution in [0.1, 0.15) is 0 Å². The van der Waals surface area contributed by atoms with Crippen LogP contribution in [-0.4, -0.2) is 4.98 Å². The number of nitrogens with zero attached hydrogens (tertiary/aromatic N) is 2. The molecule has 0 saturated heterocycles. The topological polar surface area (TPSA) is 16.1 Å². The molecule has 0 spiro atoms. The quantitative estimate of drug-likeness (QED) is 0.196. The molecule has 0 fully saturated rings. The third-order valence-electron chi connectivity index (χ3n) is 9.53. The van der Waals surface area contributed by atoms with Crippen LogP contribution in [0.2, 0.25) is 0 Å². The first-order valence-corrected chi connectivity index (χ1v) is 15.5. The van der Waals surface area contributed by atoms with Gasteiger partial charge in [-0.1, -0.05) is 133 Å². The van der Waals surface area contributed by atoms with Gasteiger partial charge in [0, 0.05) is 16.3 Å². The van der Waals surface area contributed by atoms with Crippen LogP contribution in [0.5, 0.6) is 0 Å². The van der Waals surface area contributed by atoms with Gasteiger partial charge in [0.1, 0.15) is 5.82 Å². The number of hydrogen-bond donors (Lipinski definition) is 0. The van der Waals surface area contributed by atoms with Crippen LogP contribution in [-0.2, 0) is 0 Å². The monoisotopic (exact) mass is 570 g/mol.